The molecule has 2 nitrogen and oxygen atoms in total. The van der Waals surface area contributed by atoms with Crippen molar-refractivity contribution in [2.75, 3.05) is 9.80 Å². The normalized spacial score (nSPS) is 14.2. The molecule has 0 aromatic heterocycles. The molecule has 0 radical (unpaired) electrons. The maximum absolute atomic E-state index is 2.57. The molecule has 0 bridgehead atoms. The number of rotatable bonds is 6. The highest BCUT2D eigenvalue weighted by molar-refractivity contribution is 6.09. The van der Waals surface area contributed by atoms with Gasteiger partial charge in [-0.05, 0) is 103 Å². The van der Waals surface area contributed by atoms with Gasteiger partial charge in [0, 0.05) is 27.6 Å². The van der Waals surface area contributed by atoms with Crippen LogP contribution in [0, 0.1) is 0 Å². The Morgan fingerprint density at radius 1 is 0.367 bits per heavy atom. The second kappa shape index (κ2) is 13.7. The van der Waals surface area contributed by atoms with Crippen LogP contribution in [-0.2, 0) is 10.8 Å². The molecule has 60 heavy (non-hydrogen) atoms. The van der Waals surface area contributed by atoms with Gasteiger partial charge in [0.05, 0.1) is 22.7 Å². The van der Waals surface area contributed by atoms with Crippen molar-refractivity contribution in [3.8, 4) is 33.4 Å². The number of hydrogen-bond acceptors (Lipinski definition) is 2. The van der Waals surface area contributed by atoms with Crippen LogP contribution in [0.1, 0.15) is 49.9 Å². The van der Waals surface area contributed by atoms with Crippen molar-refractivity contribution in [1.29, 1.82) is 0 Å². The summed E-state index contributed by atoms with van der Waals surface area (Å²) in [5.74, 6) is 0. The average molecular weight is 771 g/mol. The number of para-hydroxylation sites is 1. The maximum atomic E-state index is 2.57. The van der Waals surface area contributed by atoms with E-state index in [2.05, 4.69) is 244 Å². The summed E-state index contributed by atoms with van der Waals surface area (Å²) in [6.07, 6.45) is 0. The minimum absolute atomic E-state index is 0.157. The van der Waals surface area contributed by atoms with Gasteiger partial charge in [0.15, 0.2) is 0 Å². The van der Waals surface area contributed by atoms with E-state index >= 15 is 0 Å². The Morgan fingerprint density at radius 3 is 1.73 bits per heavy atom. The van der Waals surface area contributed by atoms with Gasteiger partial charge in [-0.2, -0.15) is 0 Å². The quantitative estimate of drug-likeness (QED) is 0.166. The van der Waals surface area contributed by atoms with Gasteiger partial charge in [0.2, 0.25) is 0 Å². The molecule has 1 heterocycles. The zero-order valence-electron chi connectivity index (χ0n) is 34.5. The fourth-order valence-electron chi connectivity index (χ4n) is 10.1. The summed E-state index contributed by atoms with van der Waals surface area (Å²) in [5.41, 5.74) is 19.2. The third-order valence-electron chi connectivity index (χ3n) is 13.2. The smallest absolute Gasteiger partial charge is 0.0781 e. The van der Waals surface area contributed by atoms with Crippen LogP contribution in [0.3, 0.4) is 0 Å². The second-order valence-electron chi connectivity index (χ2n) is 17.4. The molecule has 0 fully saturated rings. The Kier molecular flexibility index (Phi) is 8.22. The molecule has 1 aliphatic carbocycles. The molecule has 0 N–H and O–H groups in total. The summed E-state index contributed by atoms with van der Waals surface area (Å²) in [6, 6.07) is 76.3. The molecule has 2 heteroatoms. The van der Waals surface area contributed by atoms with Crippen LogP contribution in [0.25, 0.3) is 44.2 Å². The van der Waals surface area contributed by atoms with E-state index in [0.29, 0.717) is 0 Å². The zero-order chi connectivity index (χ0) is 40.6. The fourth-order valence-corrected chi connectivity index (χ4v) is 10.1. The van der Waals surface area contributed by atoms with E-state index in [1.54, 1.807) is 0 Å². The third kappa shape index (κ3) is 5.55. The second-order valence-corrected chi connectivity index (χ2v) is 17.4. The molecule has 1 aliphatic heterocycles. The predicted molar refractivity (Wildman–Crippen MR) is 254 cm³/mol. The lowest BCUT2D eigenvalue weighted by molar-refractivity contribution is 0.632. The van der Waals surface area contributed by atoms with Gasteiger partial charge in [-0.15, -0.1) is 0 Å². The number of benzene rings is 9. The molecule has 0 amide bonds. The first kappa shape index (κ1) is 36.0. The fraction of sp³-hybridized carbons (Fsp3) is 0.103. The van der Waals surface area contributed by atoms with Crippen molar-refractivity contribution in [2.24, 2.45) is 0 Å². The molecule has 0 saturated carbocycles. The average Bonchev–Trinajstić information content (AvgIpc) is 3.52. The Bertz CT molecular complexity index is 3100. The SMILES string of the molecule is CC1(C)c2ccccc2-c2ccc(N(c3cccc(-c4ccccc4)c3)c3ccc4ccccc4c3N3c4ccccc4C(C)(C)c4ccc(-c5ccccc5)cc43)cc21. The Morgan fingerprint density at radius 2 is 0.950 bits per heavy atom. The molecule has 0 saturated heterocycles. The van der Waals surface area contributed by atoms with Gasteiger partial charge < -0.3 is 9.80 Å². The predicted octanol–water partition coefficient (Wildman–Crippen LogP) is 16.1. The van der Waals surface area contributed by atoms with Crippen LogP contribution >= 0.6 is 0 Å². The Hall–Kier alpha value is -7.16. The minimum atomic E-state index is -0.229. The zero-order valence-corrected chi connectivity index (χ0v) is 34.5. The van der Waals surface area contributed by atoms with Gasteiger partial charge in [-0.3, -0.25) is 0 Å². The minimum Gasteiger partial charge on any atom is -0.308 e. The number of nitrogens with zero attached hydrogens (tertiary/aromatic N) is 2. The van der Waals surface area contributed by atoms with Crippen LogP contribution in [0.2, 0.25) is 0 Å². The lowest BCUT2D eigenvalue weighted by atomic mass is 9.73. The van der Waals surface area contributed by atoms with Crippen molar-refractivity contribution in [1.82, 2.24) is 0 Å². The van der Waals surface area contributed by atoms with Gasteiger partial charge >= 0.3 is 0 Å². The topological polar surface area (TPSA) is 6.48 Å². The van der Waals surface area contributed by atoms with Crippen molar-refractivity contribution in [2.45, 2.75) is 38.5 Å². The van der Waals surface area contributed by atoms with Gasteiger partial charge in [-0.1, -0.05) is 191 Å². The number of fused-ring (bicyclic) bond motifs is 6. The van der Waals surface area contributed by atoms with Crippen LogP contribution in [-0.4, -0.2) is 0 Å². The summed E-state index contributed by atoms with van der Waals surface area (Å²) in [6.45, 7) is 9.49. The van der Waals surface area contributed by atoms with Gasteiger partial charge in [0.1, 0.15) is 0 Å². The molecule has 9 aromatic rings. The van der Waals surface area contributed by atoms with E-state index in [4.69, 9.17) is 0 Å². The van der Waals surface area contributed by atoms with Crippen molar-refractivity contribution in [3.63, 3.8) is 0 Å². The van der Waals surface area contributed by atoms with E-state index in [1.165, 1.54) is 77.8 Å². The van der Waals surface area contributed by atoms with Gasteiger partial charge in [-0.25, -0.2) is 0 Å². The van der Waals surface area contributed by atoms with E-state index in [9.17, 15) is 0 Å². The Balaban J connectivity index is 1.22. The lowest BCUT2D eigenvalue weighted by Gasteiger charge is -2.44. The summed E-state index contributed by atoms with van der Waals surface area (Å²) < 4.78 is 0. The van der Waals surface area contributed by atoms with Crippen molar-refractivity contribution in [3.05, 3.63) is 229 Å². The molecule has 11 rings (SSSR count). The van der Waals surface area contributed by atoms with E-state index in [1.807, 2.05) is 0 Å². The summed E-state index contributed by atoms with van der Waals surface area (Å²) in [4.78, 5) is 5.08. The van der Waals surface area contributed by atoms with Crippen LogP contribution in [0.4, 0.5) is 34.1 Å². The van der Waals surface area contributed by atoms with E-state index in [0.717, 1.165) is 22.7 Å². The maximum Gasteiger partial charge on any atom is 0.0781 e. The van der Waals surface area contributed by atoms with Gasteiger partial charge in [0.25, 0.3) is 0 Å². The molecule has 2 aliphatic rings. The number of anilines is 6. The highest BCUT2D eigenvalue weighted by atomic mass is 15.2. The third-order valence-corrected chi connectivity index (χ3v) is 13.2. The van der Waals surface area contributed by atoms with Crippen molar-refractivity contribution >= 4 is 44.9 Å². The first-order valence-electron chi connectivity index (χ1n) is 21.1. The highest BCUT2D eigenvalue weighted by Crippen LogP contribution is 2.58. The molecular weight excluding hydrogens is 725 g/mol. The molecular formula is C58H46N2. The monoisotopic (exact) mass is 770 g/mol. The molecule has 0 spiro atoms. The summed E-state index contributed by atoms with van der Waals surface area (Å²) in [7, 11) is 0. The Labute approximate surface area is 353 Å². The van der Waals surface area contributed by atoms with Crippen LogP contribution < -0.4 is 9.80 Å². The van der Waals surface area contributed by atoms with E-state index in [-0.39, 0.29) is 10.8 Å². The molecule has 288 valence electrons. The summed E-state index contributed by atoms with van der Waals surface area (Å²) in [5, 5.41) is 2.39. The standard InChI is InChI=1S/C58H46N2/c1-57(2)49-27-14-13-26-47(49)48-33-32-45(38-52(48)57)59(44-24-17-23-42(36-44)39-18-7-5-8-19-39)54-35-31-41-22-11-12-25-46(41)56(54)60-53-29-16-15-28-50(53)58(3,4)51-34-30-43(37-55(51)60)40-20-9-6-10-21-40/h5-38H,1-4H3. The first-order valence-corrected chi connectivity index (χ1v) is 21.1. The first-order chi connectivity index (χ1) is 29.3. The van der Waals surface area contributed by atoms with Crippen LogP contribution in [0.15, 0.2) is 206 Å². The van der Waals surface area contributed by atoms with E-state index < -0.39 is 0 Å². The van der Waals surface area contributed by atoms with Crippen molar-refractivity contribution < 1.29 is 0 Å². The molecule has 0 unspecified atom stereocenters. The lowest BCUT2D eigenvalue weighted by Crippen LogP contribution is -2.31. The number of hydrogen-bond donors (Lipinski definition) is 0. The molecule has 9 aromatic carbocycles. The largest absolute Gasteiger partial charge is 0.308 e. The highest BCUT2D eigenvalue weighted by Gasteiger charge is 2.40. The summed E-state index contributed by atoms with van der Waals surface area (Å²) >= 11 is 0. The molecule has 0 atom stereocenters. The van der Waals surface area contributed by atoms with Crippen LogP contribution in [0.5, 0.6) is 0 Å².